The number of hydrogen-bond donors (Lipinski definition) is 1. The molecule has 1 unspecified atom stereocenters. The minimum Gasteiger partial charge on any atom is -0.356 e. The molecule has 1 aliphatic heterocycles. The van der Waals surface area contributed by atoms with Gasteiger partial charge in [0.1, 0.15) is 11.6 Å². The Kier molecular flexibility index (Phi) is 5.64. The number of aliphatic imine (C=N–C) groups is 1. The number of rotatable bonds is 4. The predicted octanol–water partition coefficient (Wildman–Crippen LogP) is 3.57. The maximum atomic E-state index is 13.7. The Hall–Kier alpha value is -2.43. The highest BCUT2D eigenvalue weighted by Gasteiger charge is 2.25. The van der Waals surface area contributed by atoms with Crippen molar-refractivity contribution >= 4 is 5.96 Å². The highest BCUT2D eigenvalue weighted by molar-refractivity contribution is 5.80. The van der Waals surface area contributed by atoms with Crippen LogP contribution in [-0.2, 0) is 6.42 Å². The molecule has 1 heterocycles. The van der Waals surface area contributed by atoms with Crippen molar-refractivity contribution in [3.63, 3.8) is 0 Å². The SMILES string of the molecule is CN=C(NCCc1c(F)cccc1F)N1CCC(c2ccccc2)C1. The molecule has 3 nitrogen and oxygen atoms in total. The first kappa shape index (κ1) is 17.4. The number of hydrogen-bond acceptors (Lipinski definition) is 1. The molecule has 1 aliphatic rings. The molecule has 1 atom stereocenters. The van der Waals surface area contributed by atoms with Crippen LogP contribution in [0.15, 0.2) is 53.5 Å². The molecule has 3 rings (SSSR count). The monoisotopic (exact) mass is 343 g/mol. The number of nitrogens with one attached hydrogen (secondary N) is 1. The highest BCUT2D eigenvalue weighted by Crippen LogP contribution is 2.26. The van der Waals surface area contributed by atoms with E-state index in [4.69, 9.17) is 0 Å². The van der Waals surface area contributed by atoms with Crippen LogP contribution in [0.4, 0.5) is 8.78 Å². The fourth-order valence-electron chi connectivity index (χ4n) is 3.35. The summed E-state index contributed by atoms with van der Waals surface area (Å²) < 4.78 is 27.4. The summed E-state index contributed by atoms with van der Waals surface area (Å²) in [5, 5.41) is 3.23. The zero-order valence-electron chi connectivity index (χ0n) is 14.4. The van der Waals surface area contributed by atoms with E-state index in [0.717, 1.165) is 25.5 Å². The van der Waals surface area contributed by atoms with Crippen molar-refractivity contribution < 1.29 is 8.78 Å². The van der Waals surface area contributed by atoms with Gasteiger partial charge in [0.15, 0.2) is 5.96 Å². The van der Waals surface area contributed by atoms with Gasteiger partial charge in [0.2, 0.25) is 0 Å². The minimum absolute atomic E-state index is 0.119. The number of likely N-dealkylation sites (tertiary alicyclic amines) is 1. The van der Waals surface area contributed by atoms with E-state index >= 15 is 0 Å². The number of guanidine groups is 1. The average Bonchev–Trinajstić information content (AvgIpc) is 3.11. The van der Waals surface area contributed by atoms with E-state index in [0.29, 0.717) is 12.5 Å². The molecule has 0 aromatic heterocycles. The fraction of sp³-hybridized carbons (Fsp3) is 0.350. The van der Waals surface area contributed by atoms with Gasteiger partial charge in [0, 0.05) is 38.2 Å². The fourth-order valence-corrected chi connectivity index (χ4v) is 3.35. The summed E-state index contributed by atoms with van der Waals surface area (Å²) in [6.07, 6.45) is 1.36. The zero-order chi connectivity index (χ0) is 17.6. The van der Waals surface area contributed by atoms with Gasteiger partial charge in [-0.25, -0.2) is 8.78 Å². The lowest BCUT2D eigenvalue weighted by Crippen LogP contribution is -2.40. The van der Waals surface area contributed by atoms with E-state index in [1.807, 2.05) is 6.07 Å². The second kappa shape index (κ2) is 8.10. The van der Waals surface area contributed by atoms with Gasteiger partial charge >= 0.3 is 0 Å². The molecule has 2 aromatic carbocycles. The van der Waals surface area contributed by atoms with Gasteiger partial charge < -0.3 is 10.2 Å². The number of halogens is 2. The smallest absolute Gasteiger partial charge is 0.193 e. The lowest BCUT2D eigenvalue weighted by atomic mass is 9.99. The van der Waals surface area contributed by atoms with E-state index in [1.54, 1.807) is 7.05 Å². The quantitative estimate of drug-likeness (QED) is 0.679. The van der Waals surface area contributed by atoms with E-state index in [-0.39, 0.29) is 12.0 Å². The zero-order valence-corrected chi connectivity index (χ0v) is 14.4. The summed E-state index contributed by atoms with van der Waals surface area (Å²) in [6.45, 7) is 2.27. The molecule has 132 valence electrons. The second-order valence-electron chi connectivity index (χ2n) is 6.27. The largest absolute Gasteiger partial charge is 0.356 e. The molecule has 0 amide bonds. The lowest BCUT2D eigenvalue weighted by molar-refractivity contribution is 0.484. The molecule has 0 aliphatic carbocycles. The first-order valence-electron chi connectivity index (χ1n) is 8.62. The Morgan fingerprint density at radius 3 is 2.52 bits per heavy atom. The molecule has 0 bridgehead atoms. The molecule has 1 N–H and O–H groups in total. The van der Waals surface area contributed by atoms with E-state index in [2.05, 4.69) is 39.5 Å². The van der Waals surface area contributed by atoms with Crippen LogP contribution in [0, 0.1) is 11.6 Å². The lowest BCUT2D eigenvalue weighted by Gasteiger charge is -2.22. The summed E-state index contributed by atoms with van der Waals surface area (Å²) in [4.78, 5) is 6.52. The first-order valence-corrected chi connectivity index (χ1v) is 8.62. The third kappa shape index (κ3) is 4.16. The molecule has 0 saturated carbocycles. The molecule has 1 fully saturated rings. The Bertz CT molecular complexity index is 711. The Labute approximate surface area is 147 Å². The van der Waals surface area contributed by atoms with Crippen molar-refractivity contribution in [1.29, 1.82) is 0 Å². The predicted molar refractivity (Wildman–Crippen MR) is 96.8 cm³/mol. The van der Waals surface area contributed by atoms with Crippen LogP contribution >= 0.6 is 0 Å². The Morgan fingerprint density at radius 1 is 1.12 bits per heavy atom. The van der Waals surface area contributed by atoms with Crippen LogP contribution in [0.3, 0.4) is 0 Å². The van der Waals surface area contributed by atoms with Crippen LogP contribution < -0.4 is 5.32 Å². The molecule has 1 saturated heterocycles. The summed E-state index contributed by atoms with van der Waals surface area (Å²) in [5.41, 5.74) is 1.46. The minimum atomic E-state index is -0.498. The van der Waals surface area contributed by atoms with Crippen molar-refractivity contribution in [2.75, 3.05) is 26.7 Å². The van der Waals surface area contributed by atoms with Gasteiger partial charge in [-0.2, -0.15) is 0 Å². The van der Waals surface area contributed by atoms with Gasteiger partial charge in [-0.15, -0.1) is 0 Å². The third-order valence-electron chi connectivity index (χ3n) is 4.69. The number of benzene rings is 2. The van der Waals surface area contributed by atoms with E-state index in [9.17, 15) is 8.78 Å². The van der Waals surface area contributed by atoms with E-state index in [1.165, 1.54) is 23.8 Å². The molecule has 25 heavy (non-hydrogen) atoms. The van der Waals surface area contributed by atoms with Gasteiger partial charge in [-0.1, -0.05) is 36.4 Å². The summed E-state index contributed by atoms with van der Waals surface area (Å²) in [7, 11) is 1.74. The average molecular weight is 343 g/mol. The maximum absolute atomic E-state index is 13.7. The van der Waals surface area contributed by atoms with Crippen LogP contribution in [0.1, 0.15) is 23.5 Å². The summed E-state index contributed by atoms with van der Waals surface area (Å²) >= 11 is 0. The number of nitrogens with zero attached hydrogens (tertiary/aromatic N) is 2. The van der Waals surface area contributed by atoms with Crippen LogP contribution in [-0.4, -0.2) is 37.5 Å². The van der Waals surface area contributed by atoms with Gasteiger partial charge in [0.05, 0.1) is 0 Å². The van der Waals surface area contributed by atoms with Crippen LogP contribution in [0.2, 0.25) is 0 Å². The highest BCUT2D eigenvalue weighted by atomic mass is 19.1. The molecule has 0 spiro atoms. The normalized spacial score (nSPS) is 17.8. The Balaban J connectivity index is 1.55. The standard InChI is InChI=1S/C20H23F2N3/c1-23-20(24-12-10-17-18(21)8-5-9-19(17)22)25-13-11-16(14-25)15-6-3-2-4-7-15/h2-9,16H,10-14H2,1H3,(H,23,24). The summed E-state index contributed by atoms with van der Waals surface area (Å²) in [5.74, 6) is 0.281. The summed E-state index contributed by atoms with van der Waals surface area (Å²) in [6, 6.07) is 14.4. The molecular weight excluding hydrogens is 320 g/mol. The molecule has 0 radical (unpaired) electrons. The van der Waals surface area contributed by atoms with Crippen molar-refractivity contribution in [1.82, 2.24) is 10.2 Å². The van der Waals surface area contributed by atoms with Crippen molar-refractivity contribution in [3.8, 4) is 0 Å². The third-order valence-corrected chi connectivity index (χ3v) is 4.69. The molecular formula is C20H23F2N3. The van der Waals surface area contributed by atoms with E-state index < -0.39 is 11.6 Å². The van der Waals surface area contributed by atoms with Crippen LogP contribution in [0.5, 0.6) is 0 Å². The van der Waals surface area contributed by atoms with Gasteiger partial charge in [0.25, 0.3) is 0 Å². The van der Waals surface area contributed by atoms with Gasteiger partial charge in [-0.05, 0) is 30.5 Å². The van der Waals surface area contributed by atoms with Crippen molar-refractivity contribution in [3.05, 3.63) is 71.3 Å². The molecule has 5 heteroatoms. The topological polar surface area (TPSA) is 27.6 Å². The Morgan fingerprint density at radius 2 is 1.84 bits per heavy atom. The van der Waals surface area contributed by atoms with Gasteiger partial charge in [-0.3, -0.25) is 4.99 Å². The van der Waals surface area contributed by atoms with Crippen molar-refractivity contribution in [2.45, 2.75) is 18.8 Å². The first-order chi connectivity index (χ1) is 12.2. The van der Waals surface area contributed by atoms with Crippen LogP contribution in [0.25, 0.3) is 0 Å². The van der Waals surface area contributed by atoms with Crippen molar-refractivity contribution in [2.24, 2.45) is 4.99 Å². The molecule has 2 aromatic rings. The second-order valence-corrected chi connectivity index (χ2v) is 6.27. The maximum Gasteiger partial charge on any atom is 0.193 e.